The van der Waals surface area contributed by atoms with Crippen molar-refractivity contribution in [1.82, 2.24) is 19.8 Å². The molecule has 1 saturated heterocycles. The fraction of sp³-hybridized carbons (Fsp3) is 0.700. The van der Waals surface area contributed by atoms with Crippen molar-refractivity contribution in [3.63, 3.8) is 0 Å². The Morgan fingerprint density at radius 1 is 1.75 bits per heavy atom. The van der Waals surface area contributed by atoms with Crippen molar-refractivity contribution in [2.75, 3.05) is 19.6 Å². The van der Waals surface area contributed by atoms with E-state index in [0.29, 0.717) is 10.9 Å². The first-order valence-corrected chi connectivity index (χ1v) is 6.38. The number of amides is 1. The molecule has 88 valence electrons. The van der Waals surface area contributed by atoms with E-state index < -0.39 is 0 Å². The molecule has 16 heavy (non-hydrogen) atoms. The Kier molecular flexibility index (Phi) is 3.84. The Morgan fingerprint density at radius 3 is 3.19 bits per heavy atom. The molecular formula is C10H16N4OS. The van der Waals surface area contributed by atoms with Crippen molar-refractivity contribution in [2.24, 2.45) is 0 Å². The van der Waals surface area contributed by atoms with Gasteiger partial charge in [0.05, 0.1) is 6.20 Å². The van der Waals surface area contributed by atoms with Crippen molar-refractivity contribution < 1.29 is 4.79 Å². The van der Waals surface area contributed by atoms with E-state index in [-0.39, 0.29) is 5.91 Å². The van der Waals surface area contributed by atoms with Gasteiger partial charge in [-0.05, 0) is 37.8 Å². The smallest absolute Gasteiger partial charge is 0.267 e. The maximum atomic E-state index is 12.1. The van der Waals surface area contributed by atoms with Crippen LogP contribution >= 0.6 is 11.5 Å². The van der Waals surface area contributed by atoms with Gasteiger partial charge in [-0.25, -0.2) is 0 Å². The molecule has 0 spiro atoms. The summed E-state index contributed by atoms with van der Waals surface area (Å²) < 4.78 is 3.72. The van der Waals surface area contributed by atoms with Gasteiger partial charge in [0.15, 0.2) is 0 Å². The lowest BCUT2D eigenvalue weighted by atomic mass is 10.2. The average Bonchev–Trinajstić information content (AvgIpc) is 2.97. The van der Waals surface area contributed by atoms with Crippen LogP contribution in [0.2, 0.25) is 0 Å². The van der Waals surface area contributed by atoms with Gasteiger partial charge >= 0.3 is 0 Å². The van der Waals surface area contributed by atoms with Crippen LogP contribution in [0.1, 0.15) is 29.4 Å². The highest BCUT2D eigenvalue weighted by atomic mass is 32.1. The highest BCUT2D eigenvalue weighted by Gasteiger charge is 2.22. The van der Waals surface area contributed by atoms with Gasteiger partial charge in [0.1, 0.15) is 4.88 Å². The molecule has 1 fully saturated rings. The van der Waals surface area contributed by atoms with Crippen LogP contribution in [-0.4, -0.2) is 46.1 Å². The number of hydrogen-bond acceptors (Lipinski definition) is 5. The average molecular weight is 240 g/mol. The largest absolute Gasteiger partial charge is 0.337 e. The Balaban J connectivity index is 1.96. The Bertz CT molecular complexity index is 335. The number of aromatic nitrogens is 2. The summed E-state index contributed by atoms with van der Waals surface area (Å²) in [6, 6.07) is 0.449. The van der Waals surface area contributed by atoms with Crippen molar-refractivity contribution in [3.05, 3.63) is 11.1 Å². The lowest BCUT2D eigenvalue weighted by Gasteiger charge is -2.23. The highest BCUT2D eigenvalue weighted by molar-refractivity contribution is 7.07. The van der Waals surface area contributed by atoms with E-state index in [1.165, 1.54) is 12.6 Å². The van der Waals surface area contributed by atoms with E-state index in [2.05, 4.69) is 14.9 Å². The summed E-state index contributed by atoms with van der Waals surface area (Å²) in [6.45, 7) is 4.59. The molecule has 6 heteroatoms. The number of carbonyl (C=O) groups is 1. The van der Waals surface area contributed by atoms with Crippen LogP contribution < -0.4 is 5.32 Å². The van der Waals surface area contributed by atoms with E-state index in [1.807, 2.05) is 11.8 Å². The molecule has 1 amide bonds. The summed E-state index contributed by atoms with van der Waals surface area (Å²) in [5.74, 6) is 0.0474. The molecule has 0 saturated carbocycles. The van der Waals surface area contributed by atoms with Crippen LogP contribution in [0.4, 0.5) is 0 Å². The normalized spacial score (nSPS) is 19.9. The quantitative estimate of drug-likeness (QED) is 0.844. The monoisotopic (exact) mass is 240 g/mol. The predicted octanol–water partition coefficient (Wildman–Crippen LogP) is 0.752. The van der Waals surface area contributed by atoms with E-state index in [0.717, 1.165) is 37.6 Å². The Morgan fingerprint density at radius 2 is 2.62 bits per heavy atom. The molecule has 0 radical (unpaired) electrons. The van der Waals surface area contributed by atoms with Crippen LogP contribution in [0.3, 0.4) is 0 Å². The topological polar surface area (TPSA) is 58.1 Å². The number of carbonyl (C=O) groups excluding carboxylic acids is 1. The molecule has 2 rings (SSSR count). The Hall–Kier alpha value is -1.01. The van der Waals surface area contributed by atoms with Crippen LogP contribution in [0.15, 0.2) is 6.20 Å². The number of rotatable bonds is 4. The van der Waals surface area contributed by atoms with Gasteiger partial charge in [-0.1, -0.05) is 4.49 Å². The maximum absolute atomic E-state index is 12.1. The van der Waals surface area contributed by atoms with Gasteiger partial charge in [-0.2, -0.15) is 0 Å². The lowest BCUT2D eigenvalue weighted by Crippen LogP contribution is -2.40. The highest BCUT2D eigenvalue weighted by Crippen LogP contribution is 2.11. The van der Waals surface area contributed by atoms with E-state index in [1.54, 1.807) is 0 Å². The summed E-state index contributed by atoms with van der Waals surface area (Å²) in [5, 5.41) is 7.10. The number of nitrogens with zero attached hydrogens (tertiary/aromatic N) is 3. The zero-order chi connectivity index (χ0) is 11.4. The first-order valence-electron chi connectivity index (χ1n) is 5.61. The summed E-state index contributed by atoms with van der Waals surface area (Å²) in [6.07, 6.45) is 3.90. The number of nitrogens with one attached hydrogen (secondary N) is 1. The minimum Gasteiger partial charge on any atom is -0.337 e. The lowest BCUT2D eigenvalue weighted by molar-refractivity contribution is 0.0756. The zero-order valence-corrected chi connectivity index (χ0v) is 10.2. The standard InChI is InChI=1S/C10H16N4OS/c1-2-14(7-8-4-3-5-11-8)10(15)9-6-12-13-16-9/h6,8,11H,2-5,7H2,1H3. The third-order valence-corrected chi connectivity index (χ3v) is 3.50. The molecule has 0 bridgehead atoms. The third kappa shape index (κ3) is 2.56. The van der Waals surface area contributed by atoms with Crippen molar-refractivity contribution in [1.29, 1.82) is 0 Å². The van der Waals surface area contributed by atoms with Gasteiger partial charge in [0.25, 0.3) is 5.91 Å². The minimum absolute atomic E-state index is 0.0474. The van der Waals surface area contributed by atoms with Crippen LogP contribution in [-0.2, 0) is 0 Å². The zero-order valence-electron chi connectivity index (χ0n) is 9.35. The summed E-state index contributed by atoms with van der Waals surface area (Å²) in [5.41, 5.74) is 0. The van der Waals surface area contributed by atoms with E-state index in [4.69, 9.17) is 0 Å². The molecular weight excluding hydrogens is 224 g/mol. The molecule has 0 aromatic carbocycles. The summed E-state index contributed by atoms with van der Waals surface area (Å²) in [7, 11) is 0. The molecule has 1 aromatic rings. The molecule has 5 nitrogen and oxygen atoms in total. The van der Waals surface area contributed by atoms with Gasteiger partial charge in [-0.3, -0.25) is 4.79 Å². The summed E-state index contributed by atoms with van der Waals surface area (Å²) in [4.78, 5) is 14.5. The molecule has 2 heterocycles. The molecule has 1 unspecified atom stereocenters. The fourth-order valence-electron chi connectivity index (χ4n) is 1.95. The van der Waals surface area contributed by atoms with Gasteiger partial charge in [0, 0.05) is 19.1 Å². The second-order valence-electron chi connectivity index (χ2n) is 3.92. The first kappa shape index (κ1) is 11.5. The molecule has 0 aliphatic carbocycles. The Labute approximate surface area is 99.0 Å². The third-order valence-electron chi connectivity index (χ3n) is 2.84. The van der Waals surface area contributed by atoms with Crippen LogP contribution in [0, 0.1) is 0 Å². The minimum atomic E-state index is 0.0474. The van der Waals surface area contributed by atoms with Crippen LogP contribution in [0.25, 0.3) is 0 Å². The molecule has 1 aliphatic rings. The molecule has 1 N–H and O–H groups in total. The first-order chi connectivity index (χ1) is 7.81. The van der Waals surface area contributed by atoms with Gasteiger partial charge in [-0.15, -0.1) is 5.10 Å². The predicted molar refractivity (Wildman–Crippen MR) is 62.5 cm³/mol. The number of hydrogen-bond donors (Lipinski definition) is 1. The van der Waals surface area contributed by atoms with Crippen molar-refractivity contribution in [3.8, 4) is 0 Å². The second kappa shape index (κ2) is 5.36. The molecule has 1 aromatic heterocycles. The van der Waals surface area contributed by atoms with Crippen molar-refractivity contribution in [2.45, 2.75) is 25.8 Å². The van der Waals surface area contributed by atoms with Crippen molar-refractivity contribution >= 4 is 17.4 Å². The fourth-order valence-corrected chi connectivity index (χ4v) is 2.44. The number of likely N-dealkylation sites (N-methyl/N-ethyl adjacent to an activating group) is 1. The summed E-state index contributed by atoms with van der Waals surface area (Å²) >= 11 is 1.16. The molecule has 1 atom stereocenters. The van der Waals surface area contributed by atoms with Crippen LogP contribution in [0.5, 0.6) is 0 Å². The second-order valence-corrected chi connectivity index (χ2v) is 4.70. The van der Waals surface area contributed by atoms with Gasteiger partial charge in [0.2, 0.25) is 0 Å². The van der Waals surface area contributed by atoms with E-state index >= 15 is 0 Å². The van der Waals surface area contributed by atoms with E-state index in [9.17, 15) is 4.79 Å². The SMILES string of the molecule is CCN(CC1CCCN1)C(=O)c1cnns1. The van der Waals surface area contributed by atoms with Gasteiger partial charge < -0.3 is 10.2 Å². The maximum Gasteiger partial charge on any atom is 0.267 e. The molecule has 1 aliphatic heterocycles.